The van der Waals surface area contributed by atoms with E-state index in [0.29, 0.717) is 18.7 Å². The SMILES string of the molecule is COc1cccc(-n2c(-c3ccccc3)cc(C(=O)N3CCC(n4c(=O)[nH]c5ccccc54)CC3)c2C)c1. The minimum Gasteiger partial charge on any atom is -0.497 e. The topological polar surface area (TPSA) is 72.3 Å². The van der Waals surface area contributed by atoms with Crippen molar-refractivity contribution >= 4 is 16.9 Å². The number of methoxy groups -OCH3 is 1. The number of nitrogens with one attached hydrogen (secondary N) is 1. The molecule has 2 aromatic heterocycles. The zero-order valence-electron chi connectivity index (χ0n) is 21.6. The Morgan fingerprint density at radius 3 is 2.42 bits per heavy atom. The minimum absolute atomic E-state index is 0.0195. The molecule has 0 radical (unpaired) electrons. The standard InChI is InChI=1S/C31H30N4O3/c1-21-26(20-29(22-9-4-3-5-10-22)34(21)24-11-8-12-25(19-24)38-2)30(36)33-17-15-23(16-18-33)35-28-14-7-6-13-27(28)32-31(35)37/h3-14,19-20,23H,15-18H2,1-2H3,(H,32,37). The highest BCUT2D eigenvalue weighted by molar-refractivity contribution is 5.97. The summed E-state index contributed by atoms with van der Waals surface area (Å²) in [6.07, 6.45) is 1.46. The second-order valence-electron chi connectivity index (χ2n) is 9.77. The van der Waals surface area contributed by atoms with Crippen molar-refractivity contribution in [3.05, 3.63) is 107 Å². The Morgan fingerprint density at radius 1 is 0.921 bits per heavy atom. The van der Waals surface area contributed by atoms with Crippen LogP contribution in [0.2, 0.25) is 0 Å². The van der Waals surface area contributed by atoms with E-state index < -0.39 is 0 Å². The second-order valence-corrected chi connectivity index (χ2v) is 9.77. The Hall–Kier alpha value is -4.52. The highest BCUT2D eigenvalue weighted by atomic mass is 16.5. The van der Waals surface area contributed by atoms with Crippen LogP contribution in [0.5, 0.6) is 5.75 Å². The third kappa shape index (κ3) is 4.10. The molecule has 1 fully saturated rings. The molecule has 192 valence electrons. The number of H-pyrrole nitrogens is 1. The normalized spacial score (nSPS) is 14.2. The number of aromatic nitrogens is 3. The largest absolute Gasteiger partial charge is 0.497 e. The molecule has 3 aromatic carbocycles. The van der Waals surface area contributed by atoms with Crippen LogP contribution in [0, 0.1) is 6.92 Å². The maximum atomic E-state index is 13.9. The first-order valence-electron chi connectivity index (χ1n) is 13.0. The summed E-state index contributed by atoms with van der Waals surface area (Å²) >= 11 is 0. The fourth-order valence-electron chi connectivity index (χ4n) is 5.66. The van der Waals surface area contributed by atoms with Crippen molar-refractivity contribution in [2.75, 3.05) is 20.2 Å². The molecule has 0 atom stereocenters. The summed E-state index contributed by atoms with van der Waals surface area (Å²) in [5, 5.41) is 0. The fraction of sp³-hybridized carbons (Fsp3) is 0.226. The zero-order valence-corrected chi connectivity index (χ0v) is 21.6. The summed E-state index contributed by atoms with van der Waals surface area (Å²) in [4.78, 5) is 31.4. The lowest BCUT2D eigenvalue weighted by Gasteiger charge is -2.32. The number of carbonyl (C=O) groups excluding carboxylic acids is 1. The van der Waals surface area contributed by atoms with Crippen LogP contribution in [0.4, 0.5) is 0 Å². The van der Waals surface area contributed by atoms with Crippen LogP contribution in [0.15, 0.2) is 89.7 Å². The van der Waals surface area contributed by atoms with E-state index in [4.69, 9.17) is 4.74 Å². The van der Waals surface area contributed by atoms with Gasteiger partial charge < -0.3 is 19.2 Å². The number of fused-ring (bicyclic) bond motifs is 1. The molecule has 0 aliphatic carbocycles. The first-order valence-corrected chi connectivity index (χ1v) is 13.0. The van der Waals surface area contributed by atoms with Gasteiger partial charge in [0.2, 0.25) is 0 Å². The van der Waals surface area contributed by atoms with Gasteiger partial charge in [0.05, 0.1) is 29.4 Å². The van der Waals surface area contributed by atoms with Crippen molar-refractivity contribution in [1.82, 2.24) is 19.0 Å². The monoisotopic (exact) mass is 506 g/mol. The molecular weight excluding hydrogens is 476 g/mol. The number of benzene rings is 3. The third-order valence-corrected chi connectivity index (χ3v) is 7.60. The molecule has 7 heteroatoms. The molecule has 3 heterocycles. The van der Waals surface area contributed by atoms with Gasteiger partial charge in [-0.25, -0.2) is 4.79 Å². The maximum absolute atomic E-state index is 13.9. The first kappa shape index (κ1) is 23.9. The number of hydrogen-bond donors (Lipinski definition) is 1. The van der Waals surface area contributed by atoms with Crippen LogP contribution in [-0.4, -0.2) is 45.1 Å². The molecule has 1 N–H and O–H groups in total. The molecule has 0 unspecified atom stereocenters. The molecule has 1 aliphatic rings. The average Bonchev–Trinajstić information content (AvgIpc) is 3.49. The Morgan fingerprint density at radius 2 is 1.66 bits per heavy atom. The van der Waals surface area contributed by atoms with Gasteiger partial charge in [-0.05, 0) is 55.7 Å². The summed E-state index contributed by atoms with van der Waals surface area (Å²) in [6.45, 7) is 3.19. The lowest BCUT2D eigenvalue weighted by Crippen LogP contribution is -2.40. The maximum Gasteiger partial charge on any atom is 0.326 e. The molecule has 1 aliphatic heterocycles. The van der Waals surface area contributed by atoms with E-state index in [2.05, 4.69) is 21.7 Å². The van der Waals surface area contributed by atoms with Gasteiger partial charge in [-0.3, -0.25) is 9.36 Å². The van der Waals surface area contributed by atoms with Gasteiger partial charge in [-0.1, -0.05) is 48.5 Å². The smallest absolute Gasteiger partial charge is 0.326 e. The molecule has 6 rings (SSSR count). The summed E-state index contributed by atoms with van der Waals surface area (Å²) in [6, 6.07) is 27.8. The predicted molar refractivity (Wildman–Crippen MR) is 149 cm³/mol. The second kappa shape index (κ2) is 9.74. The number of likely N-dealkylation sites (tertiary alicyclic amines) is 1. The summed E-state index contributed by atoms with van der Waals surface area (Å²) in [5.74, 6) is 0.781. The Labute approximate surface area is 220 Å². The number of hydrogen-bond acceptors (Lipinski definition) is 3. The van der Waals surface area contributed by atoms with Crippen LogP contribution in [-0.2, 0) is 0 Å². The minimum atomic E-state index is -0.0883. The Kier molecular flexibility index (Phi) is 6.12. The number of amides is 1. The van der Waals surface area contributed by atoms with Crippen LogP contribution in [0.3, 0.4) is 0 Å². The van der Waals surface area contributed by atoms with E-state index in [-0.39, 0.29) is 17.6 Å². The quantitative estimate of drug-likeness (QED) is 0.338. The van der Waals surface area contributed by atoms with Crippen LogP contribution in [0.1, 0.15) is 34.9 Å². The molecule has 1 amide bonds. The number of nitrogens with zero attached hydrogens (tertiary/aromatic N) is 3. The molecule has 5 aromatic rings. The molecule has 1 saturated heterocycles. The molecule has 0 spiro atoms. The molecular formula is C31H30N4O3. The van der Waals surface area contributed by atoms with Gasteiger partial charge in [0.15, 0.2) is 0 Å². The van der Waals surface area contributed by atoms with Crippen molar-refractivity contribution in [2.24, 2.45) is 0 Å². The number of piperidine rings is 1. The lowest BCUT2D eigenvalue weighted by molar-refractivity contribution is 0.0694. The van der Waals surface area contributed by atoms with Gasteiger partial charge in [0, 0.05) is 36.6 Å². The summed E-state index contributed by atoms with van der Waals surface area (Å²) in [5.41, 5.74) is 6.19. The summed E-state index contributed by atoms with van der Waals surface area (Å²) in [7, 11) is 1.66. The van der Waals surface area contributed by atoms with E-state index in [9.17, 15) is 9.59 Å². The van der Waals surface area contributed by atoms with E-state index in [1.165, 1.54) is 0 Å². The number of aromatic amines is 1. The van der Waals surface area contributed by atoms with Crippen molar-refractivity contribution < 1.29 is 9.53 Å². The summed E-state index contributed by atoms with van der Waals surface area (Å²) < 4.78 is 9.46. The van der Waals surface area contributed by atoms with Crippen LogP contribution >= 0.6 is 0 Å². The van der Waals surface area contributed by atoms with Gasteiger partial charge >= 0.3 is 5.69 Å². The number of rotatable bonds is 5. The molecule has 38 heavy (non-hydrogen) atoms. The predicted octanol–water partition coefficient (Wildman–Crippen LogP) is 5.58. The number of para-hydroxylation sites is 2. The molecule has 0 saturated carbocycles. The van der Waals surface area contributed by atoms with Gasteiger partial charge in [-0.15, -0.1) is 0 Å². The van der Waals surface area contributed by atoms with E-state index in [1.54, 1.807) is 7.11 Å². The fourth-order valence-corrected chi connectivity index (χ4v) is 5.66. The Bertz CT molecular complexity index is 1670. The first-order chi connectivity index (χ1) is 18.5. The van der Waals surface area contributed by atoms with Gasteiger partial charge in [-0.2, -0.15) is 0 Å². The van der Waals surface area contributed by atoms with E-state index in [1.807, 2.05) is 89.2 Å². The average molecular weight is 507 g/mol. The van der Waals surface area contributed by atoms with Crippen LogP contribution in [0.25, 0.3) is 28.0 Å². The van der Waals surface area contributed by atoms with Crippen molar-refractivity contribution in [3.8, 4) is 22.7 Å². The van der Waals surface area contributed by atoms with Crippen molar-refractivity contribution in [3.63, 3.8) is 0 Å². The Balaban J connectivity index is 1.31. The number of carbonyl (C=O) groups is 1. The number of ether oxygens (including phenoxy) is 1. The molecule has 7 nitrogen and oxygen atoms in total. The highest BCUT2D eigenvalue weighted by Crippen LogP contribution is 2.33. The third-order valence-electron chi connectivity index (χ3n) is 7.60. The van der Waals surface area contributed by atoms with Crippen molar-refractivity contribution in [2.45, 2.75) is 25.8 Å². The van der Waals surface area contributed by atoms with Gasteiger partial charge in [0.25, 0.3) is 5.91 Å². The zero-order chi connectivity index (χ0) is 26.2. The van der Waals surface area contributed by atoms with Crippen LogP contribution < -0.4 is 10.4 Å². The van der Waals surface area contributed by atoms with Gasteiger partial charge in [0.1, 0.15) is 5.75 Å². The van der Waals surface area contributed by atoms with E-state index >= 15 is 0 Å². The highest BCUT2D eigenvalue weighted by Gasteiger charge is 2.29. The molecule has 0 bridgehead atoms. The van der Waals surface area contributed by atoms with Crippen molar-refractivity contribution in [1.29, 1.82) is 0 Å². The number of imidazole rings is 1. The lowest BCUT2D eigenvalue weighted by atomic mass is 10.0. The van der Waals surface area contributed by atoms with E-state index in [0.717, 1.165) is 52.3 Å².